The topological polar surface area (TPSA) is 43.8 Å². The van der Waals surface area contributed by atoms with Crippen molar-refractivity contribution in [2.75, 3.05) is 5.75 Å². The van der Waals surface area contributed by atoms with Crippen LogP contribution in [0.3, 0.4) is 0 Å². The van der Waals surface area contributed by atoms with Gasteiger partial charge in [0.2, 0.25) is 0 Å². The SMILES string of the molecule is CCCn1nccc1C(N)CSC(C)CC. The Morgan fingerprint density at radius 3 is 2.88 bits per heavy atom. The van der Waals surface area contributed by atoms with Crippen LogP contribution < -0.4 is 5.73 Å². The van der Waals surface area contributed by atoms with E-state index in [0.29, 0.717) is 5.25 Å². The average molecular weight is 241 g/mol. The van der Waals surface area contributed by atoms with E-state index in [4.69, 9.17) is 5.73 Å². The number of thioether (sulfide) groups is 1. The van der Waals surface area contributed by atoms with E-state index in [1.54, 1.807) is 0 Å². The molecule has 0 spiro atoms. The Hall–Kier alpha value is -0.480. The van der Waals surface area contributed by atoms with Crippen molar-refractivity contribution in [1.29, 1.82) is 0 Å². The molecule has 0 saturated heterocycles. The normalized spacial score (nSPS) is 15.0. The van der Waals surface area contributed by atoms with E-state index >= 15 is 0 Å². The zero-order valence-corrected chi connectivity index (χ0v) is 11.3. The van der Waals surface area contributed by atoms with Gasteiger partial charge >= 0.3 is 0 Å². The van der Waals surface area contributed by atoms with E-state index in [0.717, 1.165) is 24.4 Å². The summed E-state index contributed by atoms with van der Waals surface area (Å²) in [4.78, 5) is 0. The lowest BCUT2D eigenvalue weighted by atomic mass is 10.2. The van der Waals surface area contributed by atoms with Crippen LogP contribution in [0.1, 0.15) is 45.3 Å². The molecule has 0 bridgehead atoms. The minimum Gasteiger partial charge on any atom is -0.322 e. The van der Waals surface area contributed by atoms with Crippen LogP contribution in [0, 0.1) is 0 Å². The number of nitrogens with two attached hydrogens (primary N) is 1. The molecule has 0 saturated carbocycles. The summed E-state index contributed by atoms with van der Waals surface area (Å²) in [5.41, 5.74) is 7.36. The van der Waals surface area contributed by atoms with Crippen molar-refractivity contribution < 1.29 is 0 Å². The van der Waals surface area contributed by atoms with E-state index in [2.05, 4.69) is 25.9 Å². The van der Waals surface area contributed by atoms with Crippen LogP contribution in [0.5, 0.6) is 0 Å². The largest absolute Gasteiger partial charge is 0.322 e. The van der Waals surface area contributed by atoms with Gasteiger partial charge in [0, 0.05) is 23.7 Å². The highest BCUT2D eigenvalue weighted by molar-refractivity contribution is 7.99. The summed E-state index contributed by atoms with van der Waals surface area (Å²) in [6, 6.07) is 2.14. The Morgan fingerprint density at radius 2 is 2.25 bits per heavy atom. The third-order valence-electron chi connectivity index (χ3n) is 2.70. The first kappa shape index (κ1) is 13.6. The maximum atomic E-state index is 6.19. The first-order chi connectivity index (χ1) is 7.69. The molecule has 0 aliphatic carbocycles. The van der Waals surface area contributed by atoms with E-state index in [1.165, 1.54) is 6.42 Å². The Morgan fingerprint density at radius 1 is 1.50 bits per heavy atom. The van der Waals surface area contributed by atoms with E-state index in [-0.39, 0.29) is 6.04 Å². The molecule has 0 aliphatic rings. The predicted octanol–water partition coefficient (Wildman–Crippen LogP) is 2.82. The van der Waals surface area contributed by atoms with Gasteiger partial charge in [-0.05, 0) is 18.9 Å². The summed E-state index contributed by atoms with van der Waals surface area (Å²) >= 11 is 1.94. The summed E-state index contributed by atoms with van der Waals surface area (Å²) in [6.45, 7) is 7.58. The van der Waals surface area contributed by atoms with E-state index < -0.39 is 0 Å². The molecule has 0 radical (unpaired) electrons. The standard InChI is InChI=1S/C12H23N3S/c1-4-8-15-12(6-7-14-15)11(13)9-16-10(3)5-2/h6-7,10-11H,4-5,8-9,13H2,1-3H3. The third kappa shape index (κ3) is 3.83. The number of aryl methyl sites for hydroxylation is 1. The minimum absolute atomic E-state index is 0.105. The van der Waals surface area contributed by atoms with Crippen molar-refractivity contribution in [2.24, 2.45) is 5.73 Å². The van der Waals surface area contributed by atoms with Gasteiger partial charge in [-0.2, -0.15) is 16.9 Å². The van der Waals surface area contributed by atoms with Gasteiger partial charge in [-0.25, -0.2) is 0 Å². The second kappa shape index (κ2) is 6.97. The molecular weight excluding hydrogens is 218 g/mol. The molecule has 1 aromatic rings. The molecule has 3 nitrogen and oxygen atoms in total. The van der Waals surface area contributed by atoms with Crippen molar-refractivity contribution in [3.05, 3.63) is 18.0 Å². The molecule has 16 heavy (non-hydrogen) atoms. The first-order valence-electron chi connectivity index (χ1n) is 6.07. The maximum Gasteiger partial charge on any atom is 0.0559 e. The Kier molecular flexibility index (Phi) is 5.91. The lowest BCUT2D eigenvalue weighted by molar-refractivity contribution is 0.554. The fourth-order valence-corrected chi connectivity index (χ4v) is 2.47. The van der Waals surface area contributed by atoms with Crippen LogP contribution >= 0.6 is 11.8 Å². The number of nitrogens with zero attached hydrogens (tertiary/aromatic N) is 2. The molecule has 0 aromatic carbocycles. The molecular formula is C12H23N3S. The summed E-state index contributed by atoms with van der Waals surface area (Å²) in [6.07, 6.45) is 4.14. The minimum atomic E-state index is 0.105. The highest BCUT2D eigenvalue weighted by Gasteiger charge is 2.12. The van der Waals surface area contributed by atoms with Gasteiger partial charge in [0.1, 0.15) is 0 Å². The first-order valence-corrected chi connectivity index (χ1v) is 7.12. The van der Waals surface area contributed by atoms with Gasteiger partial charge in [0.15, 0.2) is 0 Å². The van der Waals surface area contributed by atoms with Gasteiger partial charge in [-0.1, -0.05) is 20.8 Å². The van der Waals surface area contributed by atoms with Gasteiger partial charge in [0.05, 0.1) is 11.7 Å². The van der Waals surface area contributed by atoms with Crippen LogP contribution in [-0.2, 0) is 6.54 Å². The Balaban J connectivity index is 2.51. The molecule has 92 valence electrons. The van der Waals surface area contributed by atoms with Crippen LogP contribution in [0.4, 0.5) is 0 Å². The van der Waals surface area contributed by atoms with Crippen LogP contribution in [0.15, 0.2) is 12.3 Å². The van der Waals surface area contributed by atoms with Crippen molar-refractivity contribution in [2.45, 2.75) is 51.4 Å². The Bertz CT molecular complexity index is 298. The molecule has 1 aromatic heterocycles. The summed E-state index contributed by atoms with van der Waals surface area (Å²) in [5.74, 6) is 0.977. The van der Waals surface area contributed by atoms with Crippen LogP contribution in [0.2, 0.25) is 0 Å². The van der Waals surface area contributed by atoms with Crippen molar-refractivity contribution in [1.82, 2.24) is 9.78 Å². The average Bonchev–Trinajstić information content (AvgIpc) is 2.74. The van der Waals surface area contributed by atoms with Crippen molar-refractivity contribution >= 4 is 11.8 Å². The van der Waals surface area contributed by atoms with Crippen molar-refractivity contribution in [3.8, 4) is 0 Å². The molecule has 4 heteroatoms. The number of rotatable bonds is 7. The second-order valence-corrected chi connectivity index (χ2v) is 5.61. The second-order valence-electron chi connectivity index (χ2n) is 4.14. The molecule has 1 heterocycles. The number of aromatic nitrogens is 2. The highest BCUT2D eigenvalue weighted by atomic mass is 32.2. The molecule has 0 fully saturated rings. The fourth-order valence-electron chi connectivity index (χ4n) is 1.53. The van der Waals surface area contributed by atoms with Crippen LogP contribution in [0.25, 0.3) is 0 Å². The Labute approximate surface area is 103 Å². The lowest BCUT2D eigenvalue weighted by Gasteiger charge is -2.15. The molecule has 2 N–H and O–H groups in total. The van der Waals surface area contributed by atoms with Gasteiger partial charge in [0.25, 0.3) is 0 Å². The van der Waals surface area contributed by atoms with E-state index in [1.807, 2.05) is 28.7 Å². The molecule has 1 rings (SSSR count). The summed E-state index contributed by atoms with van der Waals surface area (Å²) in [7, 11) is 0. The molecule has 2 unspecified atom stereocenters. The van der Waals surface area contributed by atoms with E-state index in [9.17, 15) is 0 Å². The number of hydrogen-bond donors (Lipinski definition) is 1. The van der Waals surface area contributed by atoms with Gasteiger partial charge in [-0.3, -0.25) is 4.68 Å². The van der Waals surface area contributed by atoms with Gasteiger partial charge < -0.3 is 5.73 Å². The fraction of sp³-hybridized carbons (Fsp3) is 0.750. The molecule has 0 aliphatic heterocycles. The predicted molar refractivity (Wildman–Crippen MR) is 71.7 cm³/mol. The number of hydrogen-bond acceptors (Lipinski definition) is 3. The summed E-state index contributed by atoms with van der Waals surface area (Å²) in [5, 5.41) is 4.99. The van der Waals surface area contributed by atoms with Crippen LogP contribution in [-0.4, -0.2) is 20.8 Å². The quantitative estimate of drug-likeness (QED) is 0.798. The maximum absolute atomic E-state index is 6.19. The zero-order chi connectivity index (χ0) is 12.0. The lowest BCUT2D eigenvalue weighted by Crippen LogP contribution is -2.19. The van der Waals surface area contributed by atoms with Gasteiger partial charge in [-0.15, -0.1) is 0 Å². The monoisotopic (exact) mass is 241 g/mol. The molecule has 0 amide bonds. The van der Waals surface area contributed by atoms with Crippen molar-refractivity contribution in [3.63, 3.8) is 0 Å². The molecule has 2 atom stereocenters. The zero-order valence-electron chi connectivity index (χ0n) is 10.5. The third-order valence-corrected chi connectivity index (χ3v) is 4.15. The highest BCUT2D eigenvalue weighted by Crippen LogP contribution is 2.21. The summed E-state index contributed by atoms with van der Waals surface area (Å²) < 4.78 is 2.03. The smallest absolute Gasteiger partial charge is 0.0559 e.